The van der Waals surface area contributed by atoms with Gasteiger partial charge in [-0.25, -0.2) is 0 Å². The Hall–Kier alpha value is -0.0800. The van der Waals surface area contributed by atoms with Crippen molar-refractivity contribution in [1.29, 1.82) is 0 Å². The molecule has 2 heteroatoms. The smallest absolute Gasteiger partial charge is 0.0578 e. The maximum Gasteiger partial charge on any atom is 0.0578 e. The molecular weight excluding hydrogens is 162 g/mol. The summed E-state index contributed by atoms with van der Waals surface area (Å²) in [5.41, 5.74) is 0.594. The lowest BCUT2D eigenvalue weighted by atomic mass is 9.72. The number of hydrogen-bond acceptors (Lipinski definition) is 2. The fourth-order valence-electron chi connectivity index (χ4n) is 2.77. The third-order valence-corrected chi connectivity index (χ3v) is 3.66. The maximum atomic E-state index is 5.73. The lowest BCUT2D eigenvalue weighted by Crippen LogP contribution is -2.45. The summed E-state index contributed by atoms with van der Waals surface area (Å²) in [4.78, 5) is 0. The lowest BCUT2D eigenvalue weighted by molar-refractivity contribution is -0.0575. The molecule has 0 amide bonds. The van der Waals surface area contributed by atoms with Crippen molar-refractivity contribution in [2.75, 3.05) is 19.7 Å². The van der Waals surface area contributed by atoms with Crippen molar-refractivity contribution in [3.63, 3.8) is 0 Å². The second-order valence-corrected chi connectivity index (χ2v) is 4.64. The number of rotatable bonds is 1. The molecule has 0 aliphatic carbocycles. The highest BCUT2D eigenvalue weighted by Crippen LogP contribution is 2.39. The molecule has 2 saturated heterocycles. The van der Waals surface area contributed by atoms with Crippen molar-refractivity contribution in [3.05, 3.63) is 0 Å². The SMILES string of the molecule is CCC1CC2(CCCNC2)CCO1. The molecule has 2 unspecified atom stereocenters. The molecule has 0 aromatic carbocycles. The molecular formula is C11H21NO. The van der Waals surface area contributed by atoms with Gasteiger partial charge >= 0.3 is 0 Å². The van der Waals surface area contributed by atoms with E-state index in [-0.39, 0.29) is 0 Å². The van der Waals surface area contributed by atoms with Gasteiger partial charge in [0.2, 0.25) is 0 Å². The van der Waals surface area contributed by atoms with Crippen molar-refractivity contribution >= 4 is 0 Å². The third kappa shape index (κ3) is 2.05. The molecule has 1 spiro atoms. The minimum absolute atomic E-state index is 0.536. The van der Waals surface area contributed by atoms with E-state index in [1.165, 1.54) is 45.2 Å². The van der Waals surface area contributed by atoms with E-state index in [0.717, 1.165) is 6.61 Å². The molecule has 0 aromatic rings. The van der Waals surface area contributed by atoms with Crippen LogP contribution in [0.4, 0.5) is 0 Å². The normalized spacial score (nSPS) is 40.8. The molecule has 1 N–H and O–H groups in total. The minimum Gasteiger partial charge on any atom is -0.378 e. The fourth-order valence-corrected chi connectivity index (χ4v) is 2.77. The number of nitrogens with one attached hydrogen (secondary N) is 1. The van der Waals surface area contributed by atoms with E-state index in [4.69, 9.17) is 4.74 Å². The molecule has 76 valence electrons. The summed E-state index contributed by atoms with van der Waals surface area (Å²) in [6.45, 7) is 5.67. The van der Waals surface area contributed by atoms with E-state index in [1.54, 1.807) is 0 Å². The Bertz CT molecular complexity index is 158. The molecule has 2 heterocycles. The van der Waals surface area contributed by atoms with Gasteiger partial charge in [0.15, 0.2) is 0 Å². The summed E-state index contributed by atoms with van der Waals surface area (Å²) >= 11 is 0. The Morgan fingerprint density at radius 2 is 2.38 bits per heavy atom. The average molecular weight is 183 g/mol. The molecule has 2 aliphatic heterocycles. The van der Waals surface area contributed by atoms with Gasteiger partial charge in [0.05, 0.1) is 6.10 Å². The van der Waals surface area contributed by atoms with E-state index in [0.29, 0.717) is 11.5 Å². The first-order chi connectivity index (χ1) is 6.35. The Morgan fingerprint density at radius 1 is 1.46 bits per heavy atom. The van der Waals surface area contributed by atoms with Crippen LogP contribution < -0.4 is 5.32 Å². The second kappa shape index (κ2) is 3.97. The summed E-state index contributed by atoms with van der Waals surface area (Å²) < 4.78 is 5.73. The van der Waals surface area contributed by atoms with Crippen LogP contribution in [0.15, 0.2) is 0 Å². The van der Waals surface area contributed by atoms with Gasteiger partial charge in [0, 0.05) is 13.2 Å². The van der Waals surface area contributed by atoms with Gasteiger partial charge in [-0.1, -0.05) is 6.92 Å². The minimum atomic E-state index is 0.536. The summed E-state index contributed by atoms with van der Waals surface area (Å²) in [5.74, 6) is 0. The highest BCUT2D eigenvalue weighted by atomic mass is 16.5. The van der Waals surface area contributed by atoms with Crippen LogP contribution in [-0.2, 0) is 4.74 Å². The van der Waals surface area contributed by atoms with E-state index < -0.39 is 0 Å². The van der Waals surface area contributed by atoms with E-state index in [2.05, 4.69) is 12.2 Å². The van der Waals surface area contributed by atoms with Crippen molar-refractivity contribution in [2.45, 2.75) is 45.1 Å². The first kappa shape index (κ1) is 9.47. The average Bonchev–Trinajstić information content (AvgIpc) is 2.19. The molecule has 0 aromatic heterocycles. The third-order valence-electron chi connectivity index (χ3n) is 3.66. The van der Waals surface area contributed by atoms with Gasteiger partial charge < -0.3 is 10.1 Å². The summed E-state index contributed by atoms with van der Waals surface area (Å²) in [6, 6.07) is 0. The Labute approximate surface area is 81.0 Å². The largest absolute Gasteiger partial charge is 0.378 e. The summed E-state index contributed by atoms with van der Waals surface area (Å²) in [5, 5.41) is 3.53. The van der Waals surface area contributed by atoms with E-state index in [9.17, 15) is 0 Å². The van der Waals surface area contributed by atoms with Crippen LogP contribution in [0.1, 0.15) is 39.0 Å². The van der Waals surface area contributed by atoms with Gasteiger partial charge in [-0.15, -0.1) is 0 Å². The molecule has 13 heavy (non-hydrogen) atoms. The van der Waals surface area contributed by atoms with Gasteiger partial charge in [-0.05, 0) is 44.1 Å². The van der Waals surface area contributed by atoms with Crippen molar-refractivity contribution in [1.82, 2.24) is 5.32 Å². The van der Waals surface area contributed by atoms with Gasteiger partial charge in [0.25, 0.3) is 0 Å². The maximum absolute atomic E-state index is 5.73. The topological polar surface area (TPSA) is 21.3 Å². The summed E-state index contributed by atoms with van der Waals surface area (Å²) in [6.07, 6.45) is 7.05. The van der Waals surface area contributed by atoms with Crippen molar-refractivity contribution in [3.8, 4) is 0 Å². The fraction of sp³-hybridized carbons (Fsp3) is 1.00. The Morgan fingerprint density at radius 3 is 3.08 bits per heavy atom. The predicted octanol–water partition coefficient (Wildman–Crippen LogP) is 1.95. The monoisotopic (exact) mass is 183 g/mol. The molecule has 2 rings (SSSR count). The van der Waals surface area contributed by atoms with Crippen LogP contribution in [0, 0.1) is 5.41 Å². The molecule has 0 radical (unpaired) electrons. The van der Waals surface area contributed by atoms with Crippen LogP contribution in [0.2, 0.25) is 0 Å². The lowest BCUT2D eigenvalue weighted by Gasteiger charge is -2.43. The second-order valence-electron chi connectivity index (χ2n) is 4.64. The van der Waals surface area contributed by atoms with Crippen LogP contribution in [0.3, 0.4) is 0 Å². The predicted molar refractivity (Wildman–Crippen MR) is 53.8 cm³/mol. The molecule has 2 atom stereocenters. The molecule has 0 bridgehead atoms. The van der Waals surface area contributed by atoms with Gasteiger partial charge in [-0.3, -0.25) is 0 Å². The van der Waals surface area contributed by atoms with Gasteiger partial charge in [-0.2, -0.15) is 0 Å². The van der Waals surface area contributed by atoms with Crippen molar-refractivity contribution < 1.29 is 4.74 Å². The Balaban J connectivity index is 1.95. The van der Waals surface area contributed by atoms with Crippen LogP contribution in [0.5, 0.6) is 0 Å². The number of piperidine rings is 1. The zero-order valence-electron chi connectivity index (χ0n) is 8.64. The zero-order chi connectivity index (χ0) is 9.15. The molecule has 2 nitrogen and oxygen atoms in total. The number of ether oxygens (including phenoxy) is 1. The van der Waals surface area contributed by atoms with E-state index in [1.807, 2.05) is 0 Å². The van der Waals surface area contributed by atoms with E-state index >= 15 is 0 Å². The van der Waals surface area contributed by atoms with Crippen LogP contribution >= 0.6 is 0 Å². The van der Waals surface area contributed by atoms with Gasteiger partial charge in [0.1, 0.15) is 0 Å². The summed E-state index contributed by atoms with van der Waals surface area (Å²) in [7, 11) is 0. The quantitative estimate of drug-likeness (QED) is 0.671. The van der Waals surface area contributed by atoms with Crippen LogP contribution in [0.25, 0.3) is 0 Å². The molecule has 2 aliphatic rings. The molecule has 2 fully saturated rings. The first-order valence-electron chi connectivity index (χ1n) is 5.67. The first-order valence-corrected chi connectivity index (χ1v) is 5.67. The molecule has 0 saturated carbocycles. The standard InChI is InChI=1S/C11H21NO/c1-2-10-8-11(5-7-13-10)4-3-6-12-9-11/h10,12H,2-9H2,1H3. The Kier molecular flexibility index (Phi) is 2.89. The zero-order valence-corrected chi connectivity index (χ0v) is 8.64. The highest BCUT2D eigenvalue weighted by molar-refractivity contribution is 4.89. The van der Waals surface area contributed by atoms with Crippen LogP contribution in [-0.4, -0.2) is 25.8 Å². The van der Waals surface area contributed by atoms with Crippen molar-refractivity contribution in [2.24, 2.45) is 5.41 Å². The number of hydrogen-bond donors (Lipinski definition) is 1. The highest BCUT2D eigenvalue weighted by Gasteiger charge is 2.37.